The molecule has 0 aromatic rings. The summed E-state index contributed by atoms with van der Waals surface area (Å²) in [5.41, 5.74) is 2.08. The van der Waals surface area contributed by atoms with Crippen molar-refractivity contribution in [2.75, 3.05) is 39.8 Å². The van der Waals surface area contributed by atoms with Gasteiger partial charge in [0.05, 0.1) is 51.0 Å². The Kier molecular flexibility index (Phi) is 19.0. The van der Waals surface area contributed by atoms with E-state index in [1.54, 1.807) is 0 Å². The minimum absolute atomic E-state index is 0.195. The Morgan fingerprint density at radius 1 is 0.500 bits per heavy atom. The van der Waals surface area contributed by atoms with Crippen molar-refractivity contribution in [3.63, 3.8) is 0 Å². The Labute approximate surface area is 374 Å². The minimum atomic E-state index is -1.53. The van der Waals surface area contributed by atoms with Gasteiger partial charge < -0.3 is 104 Å². The molecule has 12 heterocycles. The molecule has 64 heavy (non-hydrogen) atoms. The quantitative estimate of drug-likeness (QED) is 0.0768. The third-order valence-corrected chi connectivity index (χ3v) is 13.4. The van der Waals surface area contributed by atoms with E-state index in [0.29, 0.717) is 88.9 Å². The highest BCUT2D eigenvalue weighted by Crippen LogP contribution is 2.38. The van der Waals surface area contributed by atoms with Crippen LogP contribution in [0.4, 0.5) is 0 Å². The molecule has 21 nitrogen and oxygen atoms in total. The minimum Gasteiger partial charge on any atom is -0.394 e. The molecule has 0 aromatic heterocycles. The molecule has 0 amide bonds. The molecular formula is C43H73N3O18. The van der Waals surface area contributed by atoms with E-state index < -0.39 is 136 Å². The van der Waals surface area contributed by atoms with Crippen LogP contribution >= 0.6 is 0 Å². The number of allylic oxidation sites excluding steroid dienone is 3. The predicted octanol–water partition coefficient (Wildman–Crippen LogP) is -2.32. The van der Waals surface area contributed by atoms with Gasteiger partial charge in [0.1, 0.15) is 61.0 Å². The number of hydrogen-bond acceptors (Lipinski definition) is 21. The van der Waals surface area contributed by atoms with Gasteiger partial charge in [-0.15, -0.1) is 0 Å². The Bertz CT molecular complexity index is 1400. The fourth-order valence-corrected chi connectivity index (χ4v) is 9.42. The van der Waals surface area contributed by atoms with Crippen LogP contribution in [0, 0.1) is 11.8 Å². The Hall–Kier alpha value is -2.10. The standard InChI is InChI=1S/C43H73N3O18/c1-21(2)46(19-44-22(3)11-13-26-24-9-5-7-15-57-40-36(55)32(51)38(28(17-47)61-40)63-42(59-26)34(53)30(24)49)20-45-23(4)12-14-27-25-10-6-8-16-58-41-37(56)33(52)39(29(18-48)62-41)64-43(60-27)35(54)31(25)50/h24-45,47-56H,1,3-20H2,2H3/t24?,25?,26?,27?,28?,29?,30-,31-,32+,33+,34?,35?,36?,37?,38?,39?,40+,41+,42-,43-/m1/s1. The zero-order valence-electron chi connectivity index (χ0n) is 36.7. The Morgan fingerprint density at radius 3 is 1.25 bits per heavy atom. The van der Waals surface area contributed by atoms with E-state index in [-0.39, 0.29) is 13.2 Å². The highest BCUT2D eigenvalue weighted by Gasteiger charge is 2.53. The number of rotatable bonds is 15. The SMILES string of the molecule is C=C(CCC1O[C@@H]2OC3C(CO)O[C@H](OCCCCC1[C@@H](O)C2O)C(O)[C@@H]3O)NCN(CNC(=C)CCC1O[C@@H]2OC3C(CO)O[C@H](OCCCCC1[C@@H](O)C2O)C(O)[C@@H]3O)C(=C)C. The normalized spacial score (nSPS) is 43.2. The van der Waals surface area contributed by atoms with E-state index >= 15 is 0 Å². The van der Waals surface area contributed by atoms with Crippen molar-refractivity contribution in [2.45, 2.75) is 182 Å². The van der Waals surface area contributed by atoms with Crippen LogP contribution < -0.4 is 10.6 Å². The summed E-state index contributed by atoms with van der Waals surface area (Å²) in [6, 6.07) is 0. The van der Waals surface area contributed by atoms with Crippen molar-refractivity contribution in [1.82, 2.24) is 15.5 Å². The van der Waals surface area contributed by atoms with Crippen LogP contribution in [-0.4, -0.2) is 206 Å². The fraction of sp³-hybridized carbons (Fsp3) is 0.860. The van der Waals surface area contributed by atoms with Crippen molar-refractivity contribution >= 4 is 0 Å². The maximum absolute atomic E-state index is 11.3. The lowest BCUT2D eigenvalue weighted by Gasteiger charge is -2.47. The first-order chi connectivity index (χ1) is 30.6. The molecule has 12 aliphatic rings. The lowest BCUT2D eigenvalue weighted by molar-refractivity contribution is -0.356. The van der Waals surface area contributed by atoms with Crippen molar-refractivity contribution in [3.05, 3.63) is 36.8 Å². The van der Waals surface area contributed by atoms with Crippen molar-refractivity contribution in [1.29, 1.82) is 0 Å². The summed E-state index contributed by atoms with van der Waals surface area (Å²) in [5.74, 6) is -0.905. The summed E-state index contributed by atoms with van der Waals surface area (Å²) < 4.78 is 47.2. The lowest BCUT2D eigenvalue weighted by atomic mass is 9.83. The van der Waals surface area contributed by atoms with Crippen LogP contribution in [0.3, 0.4) is 0 Å². The van der Waals surface area contributed by atoms with Crippen LogP contribution in [0.2, 0.25) is 0 Å². The second-order valence-electron chi connectivity index (χ2n) is 18.0. The highest BCUT2D eigenvalue weighted by molar-refractivity contribution is 5.01. The third-order valence-electron chi connectivity index (χ3n) is 13.4. The summed E-state index contributed by atoms with van der Waals surface area (Å²) in [6.07, 6.45) is -17.5. The number of nitrogens with one attached hydrogen (secondary N) is 2. The topological polar surface area (TPSA) is 303 Å². The van der Waals surface area contributed by atoms with E-state index in [2.05, 4.69) is 30.4 Å². The van der Waals surface area contributed by atoms with Crippen molar-refractivity contribution < 1.29 is 89.0 Å². The van der Waals surface area contributed by atoms with Gasteiger partial charge in [0.25, 0.3) is 0 Å². The molecule has 0 saturated carbocycles. The monoisotopic (exact) mass is 919 g/mol. The zero-order chi connectivity index (χ0) is 46.2. The van der Waals surface area contributed by atoms with Gasteiger partial charge in [-0.1, -0.05) is 32.6 Å². The fourth-order valence-electron chi connectivity index (χ4n) is 9.42. The maximum atomic E-state index is 11.3. The van der Waals surface area contributed by atoms with Crippen LogP contribution in [0.5, 0.6) is 0 Å². The molecule has 12 rings (SSSR count). The molecule has 12 unspecified atom stereocenters. The van der Waals surface area contributed by atoms with E-state index in [0.717, 1.165) is 5.70 Å². The molecule has 0 aromatic carbocycles. The summed E-state index contributed by atoms with van der Waals surface area (Å²) in [4.78, 5) is 1.94. The van der Waals surface area contributed by atoms with Gasteiger partial charge in [-0.25, -0.2) is 0 Å². The van der Waals surface area contributed by atoms with Crippen LogP contribution in [0.25, 0.3) is 0 Å². The average molecular weight is 920 g/mol. The summed E-state index contributed by atoms with van der Waals surface area (Å²) >= 11 is 0. The second kappa shape index (κ2) is 23.8. The number of ether oxygens (including phenoxy) is 8. The first kappa shape index (κ1) is 51.3. The highest BCUT2D eigenvalue weighted by atomic mass is 16.7. The van der Waals surface area contributed by atoms with Gasteiger partial charge in [0, 0.05) is 42.1 Å². The van der Waals surface area contributed by atoms with Gasteiger partial charge in [-0.2, -0.15) is 0 Å². The van der Waals surface area contributed by atoms with Gasteiger partial charge in [0.2, 0.25) is 0 Å². The molecule has 0 spiro atoms. The molecule has 12 saturated heterocycles. The van der Waals surface area contributed by atoms with Crippen molar-refractivity contribution in [3.8, 4) is 0 Å². The number of aliphatic hydroxyl groups excluding tert-OH is 10. The van der Waals surface area contributed by atoms with Gasteiger partial charge >= 0.3 is 0 Å². The lowest BCUT2D eigenvalue weighted by Crippen LogP contribution is -2.63. The molecule has 12 N–H and O–H groups in total. The summed E-state index contributed by atoms with van der Waals surface area (Å²) in [5, 5.41) is 115. The van der Waals surface area contributed by atoms with Gasteiger partial charge in [-0.3, -0.25) is 0 Å². The van der Waals surface area contributed by atoms with E-state index in [1.165, 1.54) is 0 Å². The molecule has 12 aliphatic heterocycles. The predicted molar refractivity (Wildman–Crippen MR) is 223 cm³/mol. The van der Waals surface area contributed by atoms with Crippen molar-refractivity contribution in [2.24, 2.45) is 11.8 Å². The van der Waals surface area contributed by atoms with E-state index in [9.17, 15) is 51.1 Å². The largest absolute Gasteiger partial charge is 0.394 e. The Balaban J connectivity index is 1.00. The zero-order valence-corrected chi connectivity index (χ0v) is 36.7. The molecule has 8 bridgehead atoms. The second-order valence-corrected chi connectivity index (χ2v) is 18.0. The molecule has 12 fully saturated rings. The smallest absolute Gasteiger partial charge is 0.186 e. The van der Waals surface area contributed by atoms with Gasteiger partial charge in [-0.05, 0) is 58.3 Å². The average Bonchev–Trinajstić information content (AvgIpc) is 3.27. The Morgan fingerprint density at radius 2 is 0.875 bits per heavy atom. The molecular weight excluding hydrogens is 846 g/mol. The molecule has 21 heteroatoms. The van der Waals surface area contributed by atoms with Crippen LogP contribution in [0.1, 0.15) is 71.1 Å². The van der Waals surface area contributed by atoms with Crippen LogP contribution in [-0.2, 0) is 37.9 Å². The third kappa shape index (κ3) is 12.3. The molecule has 0 aliphatic carbocycles. The summed E-state index contributed by atoms with van der Waals surface area (Å²) in [6.45, 7) is 14.3. The first-order valence-corrected chi connectivity index (χ1v) is 22.7. The number of nitrogens with zero attached hydrogens (tertiary/aromatic N) is 1. The molecule has 0 radical (unpaired) electrons. The maximum Gasteiger partial charge on any atom is 0.186 e. The van der Waals surface area contributed by atoms with E-state index in [4.69, 9.17) is 37.9 Å². The summed E-state index contributed by atoms with van der Waals surface area (Å²) in [7, 11) is 0. The number of aliphatic hydroxyl groups is 10. The first-order valence-electron chi connectivity index (χ1n) is 22.7. The van der Waals surface area contributed by atoms with Crippen LogP contribution in [0.15, 0.2) is 36.8 Å². The number of hydrogen-bond donors (Lipinski definition) is 12. The van der Waals surface area contributed by atoms with Gasteiger partial charge in [0.15, 0.2) is 25.2 Å². The van der Waals surface area contributed by atoms with E-state index in [1.807, 2.05) is 11.8 Å². The molecule has 20 atom stereocenters. The molecule has 368 valence electrons.